The first-order valence-corrected chi connectivity index (χ1v) is 9.74. The number of methoxy groups -OCH3 is 2. The maximum absolute atomic E-state index is 12.7. The third-order valence-electron chi connectivity index (χ3n) is 5.76. The summed E-state index contributed by atoms with van der Waals surface area (Å²) < 4.78 is 12.8. The fourth-order valence-corrected chi connectivity index (χ4v) is 3.77. The number of aryl methyl sites for hydroxylation is 1. The van der Waals surface area contributed by atoms with Gasteiger partial charge < -0.3 is 14.0 Å². The second-order valence-corrected chi connectivity index (χ2v) is 7.51. The molecule has 1 aromatic heterocycles. The van der Waals surface area contributed by atoms with Gasteiger partial charge in [0.1, 0.15) is 0 Å². The van der Waals surface area contributed by atoms with Crippen molar-refractivity contribution in [3.05, 3.63) is 46.8 Å². The van der Waals surface area contributed by atoms with Crippen LogP contribution in [0.15, 0.2) is 24.3 Å². The summed E-state index contributed by atoms with van der Waals surface area (Å²) in [7, 11) is 5.32. The molecule has 1 aliphatic heterocycles. The van der Waals surface area contributed by atoms with E-state index in [1.54, 1.807) is 14.2 Å². The molecule has 6 nitrogen and oxygen atoms in total. The van der Waals surface area contributed by atoms with Crippen LogP contribution in [-0.4, -0.2) is 67.1 Å². The Balaban J connectivity index is 1.53. The molecule has 0 atom stereocenters. The summed E-state index contributed by atoms with van der Waals surface area (Å²) in [5, 5.41) is 0. The third-order valence-corrected chi connectivity index (χ3v) is 5.76. The number of Topliss-reactive ketones (excluding diaryl/α,β-unsaturated/α-hetero) is 1. The van der Waals surface area contributed by atoms with Gasteiger partial charge in [-0.25, -0.2) is 0 Å². The highest BCUT2D eigenvalue weighted by Crippen LogP contribution is 2.28. The van der Waals surface area contributed by atoms with Gasteiger partial charge in [-0.15, -0.1) is 0 Å². The van der Waals surface area contributed by atoms with Crippen LogP contribution in [0.3, 0.4) is 0 Å². The topological polar surface area (TPSA) is 46.9 Å². The fourth-order valence-electron chi connectivity index (χ4n) is 3.77. The van der Waals surface area contributed by atoms with Crippen molar-refractivity contribution < 1.29 is 14.3 Å². The van der Waals surface area contributed by atoms with Gasteiger partial charge in [0, 0.05) is 56.7 Å². The standard InChI is InChI=1S/C22H31N3O3/c1-16-12-19(17(2)23(16)3)20(26)15-25-10-8-24(9-11-25)14-18-6-7-21(27-4)22(13-18)28-5/h6-7,12-13H,8-11,14-15H2,1-5H3. The van der Waals surface area contributed by atoms with Crippen molar-refractivity contribution in [1.82, 2.24) is 14.4 Å². The summed E-state index contributed by atoms with van der Waals surface area (Å²) in [5.74, 6) is 1.73. The largest absolute Gasteiger partial charge is 0.493 e. The quantitative estimate of drug-likeness (QED) is 0.686. The number of carbonyl (C=O) groups excluding carboxylic acids is 1. The first-order chi connectivity index (χ1) is 13.4. The summed E-state index contributed by atoms with van der Waals surface area (Å²) in [5.41, 5.74) is 4.24. The molecule has 152 valence electrons. The number of ether oxygens (including phenoxy) is 2. The van der Waals surface area contributed by atoms with Crippen LogP contribution in [-0.2, 0) is 13.6 Å². The minimum absolute atomic E-state index is 0.217. The lowest BCUT2D eigenvalue weighted by molar-refractivity contribution is 0.0843. The van der Waals surface area contributed by atoms with E-state index in [1.165, 1.54) is 5.56 Å². The summed E-state index contributed by atoms with van der Waals surface area (Å²) in [6.45, 7) is 9.14. The van der Waals surface area contributed by atoms with Crippen molar-refractivity contribution in [1.29, 1.82) is 0 Å². The monoisotopic (exact) mass is 385 g/mol. The Kier molecular flexibility index (Phi) is 6.42. The summed E-state index contributed by atoms with van der Waals surface area (Å²) >= 11 is 0. The maximum atomic E-state index is 12.7. The van der Waals surface area contributed by atoms with Crippen molar-refractivity contribution in [2.75, 3.05) is 46.9 Å². The van der Waals surface area contributed by atoms with Gasteiger partial charge >= 0.3 is 0 Å². The molecule has 2 heterocycles. The van der Waals surface area contributed by atoms with E-state index in [0.717, 1.165) is 61.2 Å². The summed E-state index contributed by atoms with van der Waals surface area (Å²) in [6.07, 6.45) is 0. The van der Waals surface area contributed by atoms with Crippen LogP contribution in [0, 0.1) is 13.8 Å². The number of hydrogen-bond acceptors (Lipinski definition) is 5. The fraction of sp³-hybridized carbons (Fsp3) is 0.500. The first-order valence-electron chi connectivity index (χ1n) is 9.74. The van der Waals surface area contributed by atoms with Gasteiger partial charge in [0.25, 0.3) is 0 Å². The SMILES string of the molecule is COc1ccc(CN2CCN(CC(=O)c3cc(C)n(C)c3C)CC2)cc1OC. The Morgan fingerprint density at radius 3 is 2.18 bits per heavy atom. The Morgan fingerprint density at radius 1 is 0.964 bits per heavy atom. The zero-order chi connectivity index (χ0) is 20.3. The molecule has 2 aromatic rings. The first kappa shape index (κ1) is 20.4. The molecule has 0 aliphatic carbocycles. The highest BCUT2D eigenvalue weighted by molar-refractivity contribution is 5.99. The van der Waals surface area contributed by atoms with Crippen molar-refractivity contribution in [3.8, 4) is 11.5 Å². The van der Waals surface area contributed by atoms with Crippen molar-refractivity contribution in [2.24, 2.45) is 7.05 Å². The minimum atomic E-state index is 0.217. The predicted octanol–water partition coefficient (Wildman–Crippen LogP) is 2.66. The van der Waals surface area contributed by atoms with Crippen LogP contribution in [0.4, 0.5) is 0 Å². The van der Waals surface area contributed by atoms with Gasteiger partial charge in [-0.2, -0.15) is 0 Å². The highest BCUT2D eigenvalue weighted by atomic mass is 16.5. The van der Waals surface area contributed by atoms with Crippen LogP contribution >= 0.6 is 0 Å². The van der Waals surface area contributed by atoms with Gasteiger partial charge in [0.2, 0.25) is 0 Å². The van der Waals surface area contributed by atoms with E-state index in [-0.39, 0.29) is 5.78 Å². The molecular weight excluding hydrogens is 354 g/mol. The van der Waals surface area contributed by atoms with Crippen molar-refractivity contribution in [3.63, 3.8) is 0 Å². The number of nitrogens with zero attached hydrogens (tertiary/aromatic N) is 3. The zero-order valence-corrected chi connectivity index (χ0v) is 17.6. The number of carbonyl (C=O) groups is 1. The lowest BCUT2D eigenvalue weighted by Gasteiger charge is -2.34. The number of aromatic nitrogens is 1. The van der Waals surface area contributed by atoms with Crippen LogP contribution < -0.4 is 9.47 Å². The molecule has 0 radical (unpaired) electrons. The van der Waals surface area contributed by atoms with Crippen LogP contribution in [0.2, 0.25) is 0 Å². The zero-order valence-electron chi connectivity index (χ0n) is 17.6. The van der Waals surface area contributed by atoms with Crippen LogP contribution in [0.5, 0.6) is 11.5 Å². The normalized spacial score (nSPS) is 15.6. The molecular formula is C22H31N3O3. The minimum Gasteiger partial charge on any atom is -0.493 e. The molecule has 0 unspecified atom stereocenters. The Labute approximate surface area is 167 Å². The van der Waals surface area contributed by atoms with E-state index in [9.17, 15) is 4.79 Å². The lowest BCUT2D eigenvalue weighted by Crippen LogP contribution is -2.47. The molecule has 1 fully saturated rings. The molecule has 1 aliphatic rings. The van der Waals surface area contributed by atoms with Crippen molar-refractivity contribution >= 4 is 5.78 Å². The molecule has 0 spiro atoms. The molecule has 1 saturated heterocycles. The third kappa shape index (κ3) is 4.39. The summed E-state index contributed by atoms with van der Waals surface area (Å²) in [4.78, 5) is 17.4. The average molecular weight is 386 g/mol. The Morgan fingerprint density at radius 2 is 1.61 bits per heavy atom. The van der Waals surface area contributed by atoms with Gasteiger partial charge in [-0.3, -0.25) is 14.6 Å². The van der Waals surface area contributed by atoms with E-state index >= 15 is 0 Å². The summed E-state index contributed by atoms with van der Waals surface area (Å²) in [6, 6.07) is 8.07. The smallest absolute Gasteiger partial charge is 0.178 e. The van der Waals surface area contributed by atoms with Gasteiger partial charge in [0.05, 0.1) is 20.8 Å². The molecule has 0 N–H and O–H groups in total. The van der Waals surface area contributed by atoms with E-state index in [0.29, 0.717) is 6.54 Å². The van der Waals surface area contributed by atoms with E-state index in [2.05, 4.69) is 20.4 Å². The average Bonchev–Trinajstić information content (AvgIpc) is 2.96. The molecule has 0 amide bonds. The van der Waals surface area contributed by atoms with Gasteiger partial charge in [0.15, 0.2) is 17.3 Å². The predicted molar refractivity (Wildman–Crippen MR) is 110 cm³/mol. The number of hydrogen-bond donors (Lipinski definition) is 0. The Bertz CT molecular complexity index is 836. The highest BCUT2D eigenvalue weighted by Gasteiger charge is 2.22. The lowest BCUT2D eigenvalue weighted by atomic mass is 10.1. The van der Waals surface area contributed by atoms with Crippen LogP contribution in [0.25, 0.3) is 0 Å². The second kappa shape index (κ2) is 8.80. The maximum Gasteiger partial charge on any atom is 0.178 e. The number of ketones is 1. The molecule has 1 aromatic carbocycles. The molecule has 3 rings (SSSR count). The molecule has 28 heavy (non-hydrogen) atoms. The molecule has 0 bridgehead atoms. The number of rotatable bonds is 7. The molecule has 6 heteroatoms. The van der Waals surface area contributed by atoms with Crippen molar-refractivity contribution in [2.45, 2.75) is 20.4 Å². The van der Waals surface area contributed by atoms with E-state index in [1.807, 2.05) is 39.1 Å². The van der Waals surface area contributed by atoms with E-state index in [4.69, 9.17) is 9.47 Å². The number of benzene rings is 1. The molecule has 0 saturated carbocycles. The second-order valence-electron chi connectivity index (χ2n) is 7.51. The van der Waals surface area contributed by atoms with E-state index < -0.39 is 0 Å². The van der Waals surface area contributed by atoms with Crippen LogP contribution in [0.1, 0.15) is 27.3 Å². The Hall–Kier alpha value is -2.31. The van der Waals surface area contributed by atoms with Gasteiger partial charge in [-0.1, -0.05) is 6.07 Å². The number of piperazine rings is 1. The van der Waals surface area contributed by atoms with Gasteiger partial charge in [-0.05, 0) is 37.6 Å².